The monoisotopic (exact) mass is 212 g/mol. The number of aliphatic hydroxyl groups is 1. The van der Waals surface area contributed by atoms with Crippen molar-refractivity contribution >= 4 is 8.07 Å². The lowest BCUT2D eigenvalue weighted by atomic mass is 10.3. The molecule has 1 saturated carbocycles. The zero-order valence-corrected chi connectivity index (χ0v) is 10.3. The van der Waals surface area contributed by atoms with Gasteiger partial charge in [-0.2, -0.15) is 0 Å². The van der Waals surface area contributed by atoms with Crippen LogP contribution < -0.4 is 0 Å². The fourth-order valence-corrected chi connectivity index (χ4v) is 2.15. The Bertz CT molecular complexity index is 234. The molecule has 3 heteroatoms. The Morgan fingerprint density at radius 1 is 1.36 bits per heavy atom. The quantitative estimate of drug-likeness (QED) is 0.558. The second-order valence-electron chi connectivity index (χ2n) is 4.90. The molecule has 1 aliphatic rings. The third-order valence-corrected chi connectivity index (χ3v) is 3.18. The van der Waals surface area contributed by atoms with Gasteiger partial charge in [0.1, 0.15) is 14.7 Å². The van der Waals surface area contributed by atoms with Gasteiger partial charge in [-0.3, -0.25) is 0 Å². The predicted octanol–water partition coefficient (Wildman–Crippen LogP) is 1.80. The molecular formula is C11H20O2Si. The molecule has 0 saturated heterocycles. The van der Waals surface area contributed by atoms with Crippen LogP contribution in [0.3, 0.4) is 0 Å². The smallest absolute Gasteiger partial charge is 0.129 e. The first-order valence-electron chi connectivity index (χ1n) is 5.29. The van der Waals surface area contributed by atoms with Crippen LogP contribution in [0.2, 0.25) is 19.6 Å². The molecule has 0 amide bonds. The first kappa shape index (κ1) is 11.8. The summed E-state index contributed by atoms with van der Waals surface area (Å²) >= 11 is 0. The molecular weight excluding hydrogens is 192 g/mol. The fourth-order valence-electron chi connectivity index (χ4n) is 1.55. The number of hydrogen-bond acceptors (Lipinski definition) is 2. The van der Waals surface area contributed by atoms with E-state index in [1.807, 2.05) is 0 Å². The van der Waals surface area contributed by atoms with Crippen molar-refractivity contribution < 1.29 is 9.84 Å². The summed E-state index contributed by atoms with van der Waals surface area (Å²) in [5, 5.41) is 9.48. The Morgan fingerprint density at radius 3 is 2.57 bits per heavy atom. The van der Waals surface area contributed by atoms with E-state index in [1.54, 1.807) is 0 Å². The molecule has 0 heterocycles. The van der Waals surface area contributed by atoms with Crippen LogP contribution in [0, 0.1) is 11.5 Å². The summed E-state index contributed by atoms with van der Waals surface area (Å²) in [4.78, 5) is 0. The molecule has 0 aliphatic heterocycles. The highest BCUT2D eigenvalue weighted by Crippen LogP contribution is 2.21. The SMILES string of the molecule is C[Si](C)(C)C#CCOC1CCCC1O. The summed E-state index contributed by atoms with van der Waals surface area (Å²) in [5.74, 6) is 3.05. The van der Waals surface area contributed by atoms with Gasteiger partial charge in [-0.15, -0.1) is 5.54 Å². The van der Waals surface area contributed by atoms with Gasteiger partial charge in [0, 0.05) is 0 Å². The van der Waals surface area contributed by atoms with E-state index in [9.17, 15) is 5.11 Å². The summed E-state index contributed by atoms with van der Waals surface area (Å²) in [6.45, 7) is 7.12. The highest BCUT2D eigenvalue weighted by Gasteiger charge is 2.25. The lowest BCUT2D eigenvalue weighted by Crippen LogP contribution is -2.23. The van der Waals surface area contributed by atoms with E-state index in [-0.39, 0.29) is 12.2 Å². The Labute approximate surface area is 87.7 Å². The highest BCUT2D eigenvalue weighted by atomic mass is 28.3. The van der Waals surface area contributed by atoms with E-state index < -0.39 is 8.07 Å². The third-order valence-electron chi connectivity index (χ3n) is 2.25. The molecule has 2 atom stereocenters. The number of rotatable bonds is 2. The van der Waals surface area contributed by atoms with Gasteiger partial charge in [-0.1, -0.05) is 25.6 Å². The summed E-state index contributed by atoms with van der Waals surface area (Å²) < 4.78 is 5.51. The van der Waals surface area contributed by atoms with E-state index in [4.69, 9.17) is 4.74 Å². The molecule has 0 aromatic heterocycles. The van der Waals surface area contributed by atoms with E-state index in [0.29, 0.717) is 6.61 Å². The molecule has 1 rings (SSSR count). The number of aliphatic hydroxyl groups excluding tert-OH is 1. The maximum absolute atomic E-state index is 9.48. The number of ether oxygens (including phenoxy) is 1. The van der Waals surface area contributed by atoms with Gasteiger partial charge in [0.05, 0.1) is 12.2 Å². The average molecular weight is 212 g/mol. The Kier molecular flexibility index (Phi) is 4.18. The maximum Gasteiger partial charge on any atom is 0.129 e. The Hall–Kier alpha value is -0.303. The van der Waals surface area contributed by atoms with E-state index in [1.165, 1.54) is 0 Å². The van der Waals surface area contributed by atoms with Gasteiger partial charge < -0.3 is 9.84 Å². The lowest BCUT2D eigenvalue weighted by Gasteiger charge is -2.13. The molecule has 0 radical (unpaired) electrons. The normalized spacial score (nSPS) is 27.1. The minimum atomic E-state index is -1.25. The van der Waals surface area contributed by atoms with Crippen LogP contribution in [-0.4, -0.2) is 32.0 Å². The van der Waals surface area contributed by atoms with Gasteiger partial charge in [-0.05, 0) is 19.3 Å². The molecule has 1 aliphatic carbocycles. The summed E-state index contributed by atoms with van der Waals surface area (Å²) in [7, 11) is -1.25. The summed E-state index contributed by atoms with van der Waals surface area (Å²) in [5.41, 5.74) is 3.24. The molecule has 14 heavy (non-hydrogen) atoms. The van der Waals surface area contributed by atoms with E-state index >= 15 is 0 Å². The van der Waals surface area contributed by atoms with Crippen molar-refractivity contribution in [2.24, 2.45) is 0 Å². The largest absolute Gasteiger partial charge is 0.390 e. The van der Waals surface area contributed by atoms with Crippen LogP contribution in [0.5, 0.6) is 0 Å². The molecule has 2 unspecified atom stereocenters. The first-order chi connectivity index (χ1) is 6.49. The van der Waals surface area contributed by atoms with Crippen LogP contribution in [-0.2, 0) is 4.74 Å². The molecule has 80 valence electrons. The minimum absolute atomic E-state index is 0.0333. The van der Waals surface area contributed by atoms with Crippen molar-refractivity contribution in [1.82, 2.24) is 0 Å². The van der Waals surface area contributed by atoms with Crippen molar-refractivity contribution in [3.63, 3.8) is 0 Å². The van der Waals surface area contributed by atoms with Gasteiger partial charge in [0.25, 0.3) is 0 Å². The standard InChI is InChI=1S/C11H20O2Si/c1-14(2,3)9-5-8-13-11-7-4-6-10(11)12/h10-12H,4,6-8H2,1-3H3. The summed E-state index contributed by atoms with van der Waals surface area (Å²) in [6, 6.07) is 0. The predicted molar refractivity (Wildman–Crippen MR) is 60.7 cm³/mol. The van der Waals surface area contributed by atoms with Crippen LogP contribution >= 0.6 is 0 Å². The zero-order valence-electron chi connectivity index (χ0n) is 9.34. The van der Waals surface area contributed by atoms with Crippen LogP contribution in [0.4, 0.5) is 0 Å². The van der Waals surface area contributed by atoms with Crippen molar-refractivity contribution in [2.75, 3.05) is 6.61 Å². The van der Waals surface area contributed by atoms with Crippen molar-refractivity contribution in [2.45, 2.75) is 51.1 Å². The summed E-state index contributed by atoms with van der Waals surface area (Å²) in [6.07, 6.45) is 2.71. The fraction of sp³-hybridized carbons (Fsp3) is 0.818. The van der Waals surface area contributed by atoms with Gasteiger partial charge in [0.2, 0.25) is 0 Å². The van der Waals surface area contributed by atoms with E-state index in [0.717, 1.165) is 19.3 Å². The van der Waals surface area contributed by atoms with Gasteiger partial charge >= 0.3 is 0 Å². The van der Waals surface area contributed by atoms with E-state index in [2.05, 4.69) is 31.1 Å². The second kappa shape index (κ2) is 4.97. The molecule has 0 spiro atoms. The maximum atomic E-state index is 9.48. The Morgan fingerprint density at radius 2 is 2.07 bits per heavy atom. The van der Waals surface area contributed by atoms with Crippen LogP contribution in [0.1, 0.15) is 19.3 Å². The van der Waals surface area contributed by atoms with Gasteiger partial charge in [-0.25, -0.2) is 0 Å². The first-order valence-corrected chi connectivity index (χ1v) is 8.79. The molecule has 2 nitrogen and oxygen atoms in total. The third kappa shape index (κ3) is 4.27. The van der Waals surface area contributed by atoms with Gasteiger partial charge in [0.15, 0.2) is 0 Å². The van der Waals surface area contributed by atoms with Crippen LogP contribution in [0.15, 0.2) is 0 Å². The lowest BCUT2D eigenvalue weighted by molar-refractivity contribution is -0.00416. The highest BCUT2D eigenvalue weighted by molar-refractivity contribution is 6.83. The second-order valence-corrected chi connectivity index (χ2v) is 9.65. The minimum Gasteiger partial charge on any atom is -0.390 e. The molecule has 0 aromatic carbocycles. The molecule has 0 bridgehead atoms. The molecule has 1 N–H and O–H groups in total. The average Bonchev–Trinajstić information content (AvgIpc) is 2.44. The number of hydrogen-bond donors (Lipinski definition) is 1. The van der Waals surface area contributed by atoms with Crippen molar-refractivity contribution in [3.8, 4) is 11.5 Å². The Balaban J connectivity index is 2.23. The molecule has 0 aromatic rings. The molecule has 1 fully saturated rings. The van der Waals surface area contributed by atoms with Crippen molar-refractivity contribution in [1.29, 1.82) is 0 Å². The zero-order chi connectivity index (χ0) is 10.6. The van der Waals surface area contributed by atoms with Crippen molar-refractivity contribution in [3.05, 3.63) is 0 Å². The topological polar surface area (TPSA) is 29.5 Å². The van der Waals surface area contributed by atoms with Crippen LogP contribution in [0.25, 0.3) is 0 Å².